The Morgan fingerprint density at radius 2 is 1.82 bits per heavy atom. The summed E-state index contributed by atoms with van der Waals surface area (Å²) in [5.74, 6) is 0.800. The molecule has 3 aromatic rings. The zero-order chi connectivity index (χ0) is 23.0. The molecule has 1 saturated heterocycles. The highest BCUT2D eigenvalue weighted by molar-refractivity contribution is 7.09. The van der Waals surface area contributed by atoms with Crippen LogP contribution in [0.1, 0.15) is 28.1 Å². The molecule has 7 heteroatoms. The van der Waals surface area contributed by atoms with E-state index in [1.807, 2.05) is 47.4 Å². The molecule has 0 saturated carbocycles. The van der Waals surface area contributed by atoms with Crippen molar-refractivity contribution in [2.45, 2.75) is 19.3 Å². The van der Waals surface area contributed by atoms with Crippen molar-refractivity contribution in [1.82, 2.24) is 4.90 Å². The Kier molecular flexibility index (Phi) is 7.62. The van der Waals surface area contributed by atoms with Crippen LogP contribution < -0.4 is 15.0 Å². The molecular formula is C26H29N3O3S. The van der Waals surface area contributed by atoms with Gasteiger partial charge in [0.2, 0.25) is 5.91 Å². The fourth-order valence-electron chi connectivity index (χ4n) is 3.99. The summed E-state index contributed by atoms with van der Waals surface area (Å²) in [6, 6.07) is 19.3. The lowest BCUT2D eigenvalue weighted by molar-refractivity contribution is -0.116. The zero-order valence-electron chi connectivity index (χ0n) is 18.8. The molecule has 0 bridgehead atoms. The number of anilines is 2. The van der Waals surface area contributed by atoms with Crippen molar-refractivity contribution in [3.8, 4) is 5.75 Å². The first-order valence-electron chi connectivity index (χ1n) is 11.2. The summed E-state index contributed by atoms with van der Waals surface area (Å²) in [6.07, 6.45) is 2.18. The zero-order valence-corrected chi connectivity index (χ0v) is 19.6. The number of nitrogens with one attached hydrogen (secondary N) is 1. The number of rotatable bonds is 8. The molecule has 2 aromatic carbocycles. The highest BCUT2D eigenvalue weighted by Gasteiger charge is 2.23. The normalized spacial score (nSPS) is 13.6. The van der Waals surface area contributed by atoms with Crippen molar-refractivity contribution in [1.29, 1.82) is 0 Å². The number of methoxy groups -OCH3 is 1. The van der Waals surface area contributed by atoms with E-state index in [-0.39, 0.29) is 11.8 Å². The quantitative estimate of drug-likeness (QED) is 0.527. The molecule has 0 radical (unpaired) electrons. The van der Waals surface area contributed by atoms with Crippen LogP contribution in [0.25, 0.3) is 0 Å². The molecule has 0 aliphatic carbocycles. The van der Waals surface area contributed by atoms with Gasteiger partial charge in [0.1, 0.15) is 5.75 Å². The monoisotopic (exact) mass is 463 g/mol. The number of hydrogen-bond donors (Lipinski definition) is 1. The number of benzene rings is 2. The van der Waals surface area contributed by atoms with Crippen LogP contribution in [0.4, 0.5) is 11.4 Å². The highest BCUT2D eigenvalue weighted by Crippen LogP contribution is 2.23. The number of amides is 2. The van der Waals surface area contributed by atoms with Crippen molar-refractivity contribution in [3.05, 3.63) is 76.5 Å². The van der Waals surface area contributed by atoms with Gasteiger partial charge in [0.15, 0.2) is 0 Å². The van der Waals surface area contributed by atoms with Crippen molar-refractivity contribution in [3.63, 3.8) is 0 Å². The summed E-state index contributed by atoms with van der Waals surface area (Å²) in [5, 5.41) is 4.99. The summed E-state index contributed by atoms with van der Waals surface area (Å²) in [5.41, 5.74) is 2.36. The van der Waals surface area contributed by atoms with Crippen LogP contribution in [0.3, 0.4) is 0 Å². The second kappa shape index (κ2) is 11.0. The Labute approximate surface area is 198 Å². The maximum atomic E-state index is 13.1. The number of aryl methyl sites for hydroxylation is 1. The minimum atomic E-state index is -0.0249. The first-order valence-corrected chi connectivity index (χ1v) is 12.1. The predicted molar refractivity (Wildman–Crippen MR) is 133 cm³/mol. The van der Waals surface area contributed by atoms with Crippen LogP contribution in [0.5, 0.6) is 5.75 Å². The first kappa shape index (κ1) is 22.9. The van der Waals surface area contributed by atoms with Crippen LogP contribution in [-0.4, -0.2) is 50.0 Å². The van der Waals surface area contributed by atoms with Gasteiger partial charge < -0.3 is 19.9 Å². The number of hydrogen-bond acceptors (Lipinski definition) is 5. The van der Waals surface area contributed by atoms with Crippen LogP contribution >= 0.6 is 11.3 Å². The summed E-state index contributed by atoms with van der Waals surface area (Å²) in [4.78, 5) is 30.8. The van der Waals surface area contributed by atoms with Gasteiger partial charge in [0, 0.05) is 60.5 Å². The second-order valence-corrected chi connectivity index (χ2v) is 9.07. The maximum absolute atomic E-state index is 13.1. The molecule has 1 fully saturated rings. The molecule has 1 aliphatic rings. The van der Waals surface area contributed by atoms with E-state index < -0.39 is 0 Å². The van der Waals surface area contributed by atoms with E-state index in [1.165, 1.54) is 4.88 Å². The third-order valence-electron chi connectivity index (χ3n) is 5.79. The number of piperazine rings is 1. The Hall–Kier alpha value is -3.32. The molecule has 0 spiro atoms. The van der Waals surface area contributed by atoms with Gasteiger partial charge in [-0.25, -0.2) is 0 Å². The molecule has 4 rings (SSSR count). The molecular weight excluding hydrogens is 434 g/mol. The fraction of sp³-hybridized carbons (Fsp3) is 0.308. The number of carbonyl (C=O) groups excluding carboxylic acids is 2. The summed E-state index contributed by atoms with van der Waals surface area (Å²) < 4.78 is 5.32. The van der Waals surface area contributed by atoms with Crippen LogP contribution in [0, 0.1) is 0 Å². The van der Waals surface area contributed by atoms with Gasteiger partial charge in [-0.1, -0.05) is 18.2 Å². The van der Waals surface area contributed by atoms with Crippen molar-refractivity contribution < 1.29 is 14.3 Å². The molecule has 33 heavy (non-hydrogen) atoms. The van der Waals surface area contributed by atoms with Gasteiger partial charge in [-0.15, -0.1) is 11.3 Å². The standard InChI is InChI=1S/C26H29N3O3S/c1-32-23-9-3-8-22(19-23)28-13-15-29(16-14-28)26(31)20-6-2-7-21(18-20)27-25(30)12-4-10-24-11-5-17-33-24/h2-3,5-9,11,17-19H,4,10,12-16H2,1H3,(H,27,30). The van der Waals surface area contributed by atoms with Crippen LogP contribution in [0.15, 0.2) is 66.0 Å². The first-order chi connectivity index (χ1) is 16.1. The molecule has 2 amide bonds. The summed E-state index contributed by atoms with van der Waals surface area (Å²) in [7, 11) is 1.66. The molecule has 172 valence electrons. The lowest BCUT2D eigenvalue weighted by atomic mass is 10.1. The average Bonchev–Trinajstić information content (AvgIpc) is 3.37. The van der Waals surface area contributed by atoms with E-state index in [4.69, 9.17) is 4.74 Å². The smallest absolute Gasteiger partial charge is 0.254 e. The molecule has 0 unspecified atom stereocenters. The van der Waals surface area contributed by atoms with Gasteiger partial charge in [0.25, 0.3) is 5.91 Å². The topological polar surface area (TPSA) is 61.9 Å². The van der Waals surface area contributed by atoms with Gasteiger partial charge >= 0.3 is 0 Å². The second-order valence-electron chi connectivity index (χ2n) is 8.04. The summed E-state index contributed by atoms with van der Waals surface area (Å²) >= 11 is 1.72. The van der Waals surface area contributed by atoms with E-state index in [0.29, 0.717) is 30.8 Å². The van der Waals surface area contributed by atoms with E-state index in [1.54, 1.807) is 24.5 Å². The molecule has 6 nitrogen and oxygen atoms in total. The Bertz CT molecular complexity index is 1080. The van der Waals surface area contributed by atoms with E-state index in [0.717, 1.165) is 37.4 Å². The number of nitrogens with zero attached hydrogens (tertiary/aromatic N) is 2. The van der Waals surface area contributed by atoms with Gasteiger partial charge in [-0.2, -0.15) is 0 Å². The van der Waals surface area contributed by atoms with E-state index in [9.17, 15) is 9.59 Å². The number of ether oxygens (including phenoxy) is 1. The Morgan fingerprint density at radius 1 is 1.00 bits per heavy atom. The van der Waals surface area contributed by atoms with E-state index >= 15 is 0 Å². The number of carbonyl (C=O) groups is 2. The molecule has 1 aromatic heterocycles. The Balaban J connectivity index is 1.29. The predicted octanol–water partition coefficient (Wildman–Crippen LogP) is 4.68. The van der Waals surface area contributed by atoms with Crippen LogP contribution in [0.2, 0.25) is 0 Å². The van der Waals surface area contributed by atoms with Crippen molar-refractivity contribution >= 4 is 34.5 Å². The van der Waals surface area contributed by atoms with Gasteiger partial charge in [-0.3, -0.25) is 9.59 Å². The van der Waals surface area contributed by atoms with Gasteiger partial charge in [-0.05, 0) is 54.6 Å². The lowest BCUT2D eigenvalue weighted by Gasteiger charge is -2.36. The largest absolute Gasteiger partial charge is 0.497 e. The average molecular weight is 464 g/mol. The van der Waals surface area contributed by atoms with E-state index in [2.05, 4.69) is 27.7 Å². The van der Waals surface area contributed by atoms with Crippen molar-refractivity contribution in [2.75, 3.05) is 43.5 Å². The Morgan fingerprint density at radius 3 is 2.58 bits per heavy atom. The molecule has 1 N–H and O–H groups in total. The lowest BCUT2D eigenvalue weighted by Crippen LogP contribution is -2.48. The third-order valence-corrected chi connectivity index (χ3v) is 6.72. The molecule has 0 atom stereocenters. The highest BCUT2D eigenvalue weighted by atomic mass is 32.1. The van der Waals surface area contributed by atoms with Crippen LogP contribution in [-0.2, 0) is 11.2 Å². The fourth-order valence-corrected chi connectivity index (χ4v) is 4.74. The van der Waals surface area contributed by atoms with Crippen molar-refractivity contribution in [2.24, 2.45) is 0 Å². The molecule has 2 heterocycles. The maximum Gasteiger partial charge on any atom is 0.254 e. The minimum absolute atomic E-state index is 0.00548. The third kappa shape index (κ3) is 6.14. The van der Waals surface area contributed by atoms with Gasteiger partial charge in [0.05, 0.1) is 7.11 Å². The number of thiophene rings is 1. The SMILES string of the molecule is COc1cccc(N2CCN(C(=O)c3cccc(NC(=O)CCCc4cccs4)c3)CC2)c1. The minimum Gasteiger partial charge on any atom is -0.497 e. The summed E-state index contributed by atoms with van der Waals surface area (Å²) in [6.45, 7) is 2.82. The molecule has 1 aliphatic heterocycles.